The highest BCUT2D eigenvalue weighted by molar-refractivity contribution is 7.26. The first-order chi connectivity index (χ1) is 27.2. The van der Waals surface area contributed by atoms with Crippen LogP contribution >= 0.6 is 11.3 Å². The summed E-state index contributed by atoms with van der Waals surface area (Å²) >= 11 is 1.78. The van der Waals surface area contributed by atoms with Crippen molar-refractivity contribution in [3.63, 3.8) is 0 Å². The first-order valence-corrected chi connectivity index (χ1v) is 19.4. The molecule has 3 aromatic heterocycles. The van der Waals surface area contributed by atoms with Gasteiger partial charge < -0.3 is 0 Å². The number of allylic oxidation sites excluding steroid dienone is 4. The number of benzene rings is 6. The Kier molecular flexibility index (Phi) is 8.47. The molecular formula is C50H34N4S. The maximum Gasteiger partial charge on any atom is 0.161 e. The Morgan fingerprint density at radius 3 is 1.58 bits per heavy atom. The van der Waals surface area contributed by atoms with Gasteiger partial charge in [-0.15, -0.1) is 11.3 Å². The van der Waals surface area contributed by atoms with Crippen LogP contribution in [0.15, 0.2) is 182 Å². The van der Waals surface area contributed by atoms with Gasteiger partial charge in [0, 0.05) is 53.6 Å². The molecule has 3 heterocycles. The summed E-state index contributed by atoms with van der Waals surface area (Å²) in [6.07, 6.45) is 8.95. The molecule has 4 nitrogen and oxygen atoms in total. The molecule has 260 valence electrons. The van der Waals surface area contributed by atoms with Crippen LogP contribution in [0.1, 0.15) is 18.4 Å². The van der Waals surface area contributed by atoms with E-state index in [0.717, 1.165) is 79.1 Å². The summed E-state index contributed by atoms with van der Waals surface area (Å²) in [6, 6.07) is 57.0. The third-order valence-electron chi connectivity index (χ3n) is 10.2. The second-order valence-corrected chi connectivity index (χ2v) is 14.8. The number of fused-ring (bicyclic) bond motifs is 3. The molecule has 0 unspecified atom stereocenters. The fourth-order valence-corrected chi connectivity index (χ4v) is 8.67. The van der Waals surface area contributed by atoms with Crippen LogP contribution in [0.5, 0.6) is 0 Å². The zero-order valence-corrected chi connectivity index (χ0v) is 30.7. The third-order valence-corrected chi connectivity index (χ3v) is 11.4. The van der Waals surface area contributed by atoms with E-state index in [2.05, 4.69) is 164 Å². The van der Waals surface area contributed by atoms with E-state index in [-0.39, 0.29) is 0 Å². The van der Waals surface area contributed by atoms with Crippen LogP contribution in [-0.4, -0.2) is 19.9 Å². The molecule has 5 heteroatoms. The van der Waals surface area contributed by atoms with E-state index in [1.54, 1.807) is 11.3 Å². The Morgan fingerprint density at radius 2 is 0.964 bits per heavy atom. The number of hydrogen-bond donors (Lipinski definition) is 0. The Bertz CT molecular complexity index is 2840. The Hall–Kier alpha value is -6.82. The van der Waals surface area contributed by atoms with Gasteiger partial charge in [0.05, 0.1) is 22.8 Å². The molecule has 0 radical (unpaired) electrons. The second-order valence-electron chi connectivity index (χ2n) is 13.7. The smallest absolute Gasteiger partial charge is 0.161 e. The molecule has 6 aromatic carbocycles. The van der Waals surface area contributed by atoms with Crippen LogP contribution < -0.4 is 0 Å². The van der Waals surface area contributed by atoms with Gasteiger partial charge in [-0.25, -0.2) is 19.9 Å². The highest BCUT2D eigenvalue weighted by Gasteiger charge is 2.19. The number of rotatable bonds is 7. The van der Waals surface area contributed by atoms with Crippen LogP contribution in [0.25, 0.3) is 93.6 Å². The van der Waals surface area contributed by atoms with Gasteiger partial charge in [-0.2, -0.15) is 0 Å². The quantitative estimate of drug-likeness (QED) is 0.164. The molecule has 10 rings (SSSR count). The van der Waals surface area contributed by atoms with Crippen molar-refractivity contribution < 1.29 is 0 Å². The zero-order chi connectivity index (χ0) is 36.6. The van der Waals surface area contributed by atoms with Gasteiger partial charge in [0.1, 0.15) is 0 Å². The van der Waals surface area contributed by atoms with Crippen molar-refractivity contribution in [1.82, 2.24) is 19.9 Å². The lowest BCUT2D eigenvalue weighted by Crippen LogP contribution is -1.97. The average molecular weight is 723 g/mol. The highest BCUT2D eigenvalue weighted by Crippen LogP contribution is 2.44. The molecular weight excluding hydrogens is 689 g/mol. The molecule has 0 N–H and O–H groups in total. The van der Waals surface area contributed by atoms with E-state index in [9.17, 15) is 0 Å². The van der Waals surface area contributed by atoms with Crippen molar-refractivity contribution in [1.29, 1.82) is 0 Å². The van der Waals surface area contributed by atoms with Crippen molar-refractivity contribution in [3.05, 3.63) is 188 Å². The Labute approximate surface area is 323 Å². The highest BCUT2D eigenvalue weighted by atomic mass is 32.1. The molecule has 0 spiro atoms. The van der Waals surface area contributed by atoms with Crippen molar-refractivity contribution in [2.75, 3.05) is 0 Å². The molecule has 1 aliphatic carbocycles. The zero-order valence-electron chi connectivity index (χ0n) is 29.9. The van der Waals surface area contributed by atoms with Gasteiger partial charge in [0.2, 0.25) is 0 Å². The lowest BCUT2D eigenvalue weighted by molar-refractivity contribution is 1.04. The van der Waals surface area contributed by atoms with Crippen LogP contribution in [-0.2, 0) is 0 Å². The van der Waals surface area contributed by atoms with Crippen LogP contribution in [0.4, 0.5) is 0 Å². The monoisotopic (exact) mass is 722 g/mol. The minimum absolute atomic E-state index is 0.702. The Morgan fingerprint density at radius 1 is 0.418 bits per heavy atom. The minimum Gasteiger partial charge on any atom is -0.228 e. The SMILES string of the molecule is C1=CC(c2ccc(-c3nc(-c4ccccc4)cc(-c4cccc5sc6c(-c7nc(-c8ccccc8)cc(-c8ccccc8)n7)cccc6c45)n3)cc2)=CCC1. The number of aromatic nitrogens is 4. The number of hydrogen-bond acceptors (Lipinski definition) is 5. The maximum atomic E-state index is 5.29. The van der Waals surface area contributed by atoms with Crippen molar-refractivity contribution in [2.45, 2.75) is 12.8 Å². The fraction of sp³-hybridized carbons (Fsp3) is 0.0400. The van der Waals surface area contributed by atoms with E-state index in [1.165, 1.54) is 21.2 Å². The molecule has 0 amide bonds. The van der Waals surface area contributed by atoms with Crippen LogP contribution in [0, 0.1) is 0 Å². The lowest BCUT2D eigenvalue weighted by Gasteiger charge is -2.12. The van der Waals surface area contributed by atoms with E-state index in [0.29, 0.717) is 11.6 Å². The fourth-order valence-electron chi connectivity index (χ4n) is 7.43. The molecule has 0 fully saturated rings. The Balaban J connectivity index is 1.14. The summed E-state index contributed by atoms with van der Waals surface area (Å²) in [6.45, 7) is 0. The van der Waals surface area contributed by atoms with Crippen molar-refractivity contribution >= 4 is 37.1 Å². The van der Waals surface area contributed by atoms with Gasteiger partial charge >= 0.3 is 0 Å². The summed E-state index contributed by atoms with van der Waals surface area (Å²) in [7, 11) is 0. The van der Waals surface area contributed by atoms with Gasteiger partial charge in [-0.3, -0.25) is 0 Å². The first kappa shape index (κ1) is 32.8. The second kappa shape index (κ2) is 14.2. The van der Waals surface area contributed by atoms with E-state index < -0.39 is 0 Å². The number of thiophene rings is 1. The van der Waals surface area contributed by atoms with E-state index in [4.69, 9.17) is 19.9 Å². The predicted octanol–water partition coefficient (Wildman–Crippen LogP) is 13.4. The van der Waals surface area contributed by atoms with Crippen LogP contribution in [0.2, 0.25) is 0 Å². The lowest BCUT2D eigenvalue weighted by atomic mass is 9.98. The van der Waals surface area contributed by atoms with E-state index in [1.807, 2.05) is 18.2 Å². The molecule has 0 bridgehead atoms. The molecule has 0 saturated carbocycles. The van der Waals surface area contributed by atoms with Crippen LogP contribution in [0.3, 0.4) is 0 Å². The average Bonchev–Trinajstić information content (AvgIpc) is 3.67. The standard InChI is InChI=1S/C50H34N4S/c1-5-15-33(16-6-1)34-27-29-38(30-28-34)49-51-44(37-21-11-4-12-22-37)32-45(54-49)39-23-14-26-46-47(39)40-24-13-25-41(48(40)55-46)50-52-42(35-17-7-2-8-18-35)31-43(53-50)36-19-9-3-10-20-36/h2-5,7-32H,1,6H2. The van der Waals surface area contributed by atoms with Gasteiger partial charge in [0.15, 0.2) is 11.6 Å². The van der Waals surface area contributed by atoms with Gasteiger partial charge in [-0.1, -0.05) is 158 Å². The normalized spacial score (nSPS) is 12.6. The largest absolute Gasteiger partial charge is 0.228 e. The number of nitrogens with zero attached hydrogens (tertiary/aromatic N) is 4. The third kappa shape index (κ3) is 6.35. The molecule has 55 heavy (non-hydrogen) atoms. The molecule has 0 saturated heterocycles. The molecule has 0 aliphatic heterocycles. The van der Waals surface area contributed by atoms with Crippen molar-refractivity contribution in [2.24, 2.45) is 0 Å². The molecule has 0 atom stereocenters. The topological polar surface area (TPSA) is 51.6 Å². The predicted molar refractivity (Wildman–Crippen MR) is 229 cm³/mol. The maximum absolute atomic E-state index is 5.29. The first-order valence-electron chi connectivity index (χ1n) is 18.6. The molecule has 1 aliphatic rings. The summed E-state index contributed by atoms with van der Waals surface area (Å²) in [5, 5.41) is 2.32. The van der Waals surface area contributed by atoms with E-state index >= 15 is 0 Å². The summed E-state index contributed by atoms with van der Waals surface area (Å²) in [4.78, 5) is 20.8. The van der Waals surface area contributed by atoms with Crippen molar-refractivity contribution in [3.8, 4) is 67.8 Å². The minimum atomic E-state index is 0.702. The van der Waals surface area contributed by atoms with Gasteiger partial charge in [0.25, 0.3) is 0 Å². The summed E-state index contributed by atoms with van der Waals surface area (Å²) in [5.74, 6) is 1.41. The van der Waals surface area contributed by atoms with Gasteiger partial charge in [-0.05, 0) is 48.2 Å². The molecule has 9 aromatic rings. The summed E-state index contributed by atoms with van der Waals surface area (Å²) < 4.78 is 2.33. The summed E-state index contributed by atoms with van der Waals surface area (Å²) in [5.41, 5.74) is 12.3.